The zero-order valence-corrected chi connectivity index (χ0v) is 47.1. The summed E-state index contributed by atoms with van der Waals surface area (Å²) in [5.41, 5.74) is 1.10. The second kappa shape index (κ2) is 16.5. The third-order valence-corrected chi connectivity index (χ3v) is 25.0. The SMILES string of the molecule is Cc1cc(O)c2c(c1)C(=O)c1c(c3cc4c(nccc14)NC[C@@H](O)[C@]14CC[C@@H]5C#CC[C@@H]6CCC[C@H]7CC8(CCC(=O)CC8)c8nc[nH]c8[C@@]67c6cc(c([nH]6)C6=C[C@@]7(O3)O[C@@]3(C6=C1C[C@]1(CCC6(CCCC6)C1)[C@H]3O)[C@@H](O)[C@H](O)[C@H]7O)[C@@H]54)C2=O. The maximum atomic E-state index is 15.5. The Bertz CT molecular complexity index is 4000. The van der Waals surface area contributed by atoms with Crippen LogP contribution in [0.5, 0.6) is 11.5 Å². The second-order valence-electron chi connectivity index (χ2n) is 28.5. The van der Waals surface area contributed by atoms with Gasteiger partial charge in [0.15, 0.2) is 17.5 Å². The van der Waals surface area contributed by atoms with E-state index in [2.05, 4.69) is 33.2 Å². The molecule has 4 aliphatic heterocycles. The summed E-state index contributed by atoms with van der Waals surface area (Å²) in [6, 6.07) is 8.56. The van der Waals surface area contributed by atoms with Crippen molar-refractivity contribution in [3.8, 4) is 23.3 Å². The Morgan fingerprint density at radius 2 is 1.64 bits per heavy atom. The number of nitrogens with one attached hydrogen (secondary N) is 3. The van der Waals surface area contributed by atoms with Crippen molar-refractivity contribution < 1.29 is 54.5 Å². The number of hydrogen-bond donors (Lipinski definition) is 9. The fraction of sp³-hybridized carbons (Fsp3) is 0.544. The van der Waals surface area contributed by atoms with Crippen LogP contribution in [-0.2, 0) is 20.4 Å². The van der Waals surface area contributed by atoms with Crippen LogP contribution in [0, 0.1) is 52.8 Å². The van der Waals surface area contributed by atoms with Crippen molar-refractivity contribution in [3.05, 3.63) is 116 Å². The van der Waals surface area contributed by atoms with E-state index in [1.165, 1.54) is 6.07 Å². The number of phenolic OH excluding ortho intramolecular Hbond substituents is 1. The maximum Gasteiger partial charge on any atom is 0.261 e. The van der Waals surface area contributed by atoms with Gasteiger partial charge >= 0.3 is 0 Å². The molecule has 0 amide bonds. The number of anilines is 1. The van der Waals surface area contributed by atoms with Crippen LogP contribution in [-0.4, -0.2) is 116 Å². The molecule has 7 heterocycles. The average Bonchev–Trinajstić information content (AvgIpc) is 1.32. The molecule has 0 unspecified atom stereocenters. The lowest BCUT2D eigenvalue weighted by molar-refractivity contribution is -0.366. The van der Waals surface area contributed by atoms with Crippen molar-refractivity contribution >= 4 is 39.5 Å². The Kier molecular flexibility index (Phi) is 10.0. The highest BCUT2D eigenvalue weighted by molar-refractivity contribution is 6.34. The van der Waals surface area contributed by atoms with Gasteiger partial charge in [0, 0.05) is 93.6 Å². The summed E-state index contributed by atoms with van der Waals surface area (Å²) in [7, 11) is 0. The number of ketones is 3. The monoisotopic (exact) mass is 1130 g/mol. The number of nitrogens with zero attached hydrogens (tertiary/aromatic N) is 2. The molecule has 5 aromatic rings. The first kappa shape index (κ1) is 50.8. The predicted molar refractivity (Wildman–Crippen MR) is 305 cm³/mol. The summed E-state index contributed by atoms with van der Waals surface area (Å²) in [6.45, 7) is 1.69. The van der Waals surface area contributed by atoms with Crippen LogP contribution in [0.3, 0.4) is 0 Å². The van der Waals surface area contributed by atoms with Crippen molar-refractivity contribution in [1.29, 1.82) is 0 Å². The number of aromatic hydroxyl groups is 1. The number of aliphatic hydroxyl groups excluding tert-OH is 5. The average molecular weight is 1130 g/mol. The molecule has 14 aliphatic rings. The third kappa shape index (κ3) is 5.91. The minimum Gasteiger partial charge on any atom is -0.507 e. The van der Waals surface area contributed by atoms with Gasteiger partial charge in [0.2, 0.25) is 5.78 Å². The molecule has 10 bridgehead atoms. The molecule has 432 valence electrons. The molecule has 0 radical (unpaired) electrons. The summed E-state index contributed by atoms with van der Waals surface area (Å²) in [5.74, 6) is 3.38. The minimum absolute atomic E-state index is 0.00530. The van der Waals surface area contributed by atoms with Crippen molar-refractivity contribution in [1.82, 2.24) is 19.9 Å². The fourth-order valence-corrected chi connectivity index (χ4v) is 21.7. The number of aromatic nitrogens is 4. The number of benzene rings is 2. The number of carbonyl (C=O) groups is 3. The molecule has 6 fully saturated rings. The Morgan fingerprint density at radius 3 is 2.48 bits per heavy atom. The van der Waals surface area contributed by atoms with E-state index >= 15 is 9.59 Å². The van der Waals surface area contributed by atoms with Gasteiger partial charge in [-0.1, -0.05) is 30.8 Å². The zero-order chi connectivity index (χ0) is 57.0. The second-order valence-corrected chi connectivity index (χ2v) is 28.5. The quantitative estimate of drug-likeness (QED) is 0.0652. The van der Waals surface area contributed by atoms with Crippen LogP contribution >= 0.6 is 0 Å². The largest absolute Gasteiger partial charge is 0.507 e. The highest BCUT2D eigenvalue weighted by Gasteiger charge is 2.77. The molecule has 2 aromatic carbocycles. The molecule has 9 N–H and O–H groups in total. The normalized spacial score (nSPS) is 39.2. The van der Waals surface area contributed by atoms with Gasteiger partial charge < -0.3 is 55.4 Å². The summed E-state index contributed by atoms with van der Waals surface area (Å²) in [6.07, 6.45) is 10.8. The first-order valence-electron chi connectivity index (χ1n) is 31.2. The number of fused-ring (bicyclic) bond motifs is 8. The van der Waals surface area contributed by atoms with Gasteiger partial charge in [-0.05, 0) is 166 Å². The Labute approximate surface area is 485 Å². The van der Waals surface area contributed by atoms with Crippen LogP contribution in [0.2, 0.25) is 0 Å². The van der Waals surface area contributed by atoms with Crippen LogP contribution in [0.1, 0.15) is 194 Å². The Balaban J connectivity index is 0.960. The molecule has 14 atom stereocenters. The smallest absolute Gasteiger partial charge is 0.261 e. The minimum atomic E-state index is -2.51. The Hall–Kier alpha value is -6.45. The molecule has 7 spiro atoms. The van der Waals surface area contributed by atoms with E-state index < -0.39 is 81.4 Å². The third-order valence-electron chi connectivity index (χ3n) is 25.0. The van der Waals surface area contributed by atoms with Crippen LogP contribution in [0.25, 0.3) is 16.3 Å². The van der Waals surface area contributed by atoms with E-state index in [9.17, 15) is 35.4 Å². The molecule has 16 nitrogen and oxygen atoms in total. The lowest BCUT2D eigenvalue weighted by atomic mass is 9.47. The van der Waals surface area contributed by atoms with Crippen LogP contribution in [0.15, 0.2) is 60.1 Å². The highest BCUT2D eigenvalue weighted by atomic mass is 16.7. The molecule has 19 rings (SSSR count). The van der Waals surface area contributed by atoms with Crippen molar-refractivity contribution in [3.63, 3.8) is 0 Å². The van der Waals surface area contributed by atoms with Gasteiger partial charge in [-0.25, -0.2) is 9.97 Å². The van der Waals surface area contributed by atoms with E-state index in [-0.39, 0.29) is 68.9 Å². The fourth-order valence-electron chi connectivity index (χ4n) is 21.7. The van der Waals surface area contributed by atoms with Gasteiger partial charge in [-0.3, -0.25) is 14.4 Å². The number of aromatic amines is 2. The molecule has 3 aromatic heterocycles. The van der Waals surface area contributed by atoms with E-state index in [0.29, 0.717) is 90.4 Å². The molecule has 1 saturated heterocycles. The van der Waals surface area contributed by atoms with E-state index in [0.717, 1.165) is 98.8 Å². The molecular weight excluding hydrogens is 1060 g/mol. The first-order valence-corrected chi connectivity index (χ1v) is 31.2. The van der Waals surface area contributed by atoms with Gasteiger partial charge in [-0.15, -0.1) is 5.92 Å². The standard InChI is InChI=1S/C68H69N5O11/c1-32-22-39-47(43(75)23-32)54(78)49-44-24-38-37(48(49)53(39)77)13-21-69-60(38)70-29-46(76)65-18-10-33-6-4-7-34-8-5-9-35-26-63(16-11-36(74)12-17-63)56-57(72-31-71-56)67(34,35)45-25-40(50(33)65)52(73-45)41-27-66(83-44)58(80)55(79)59(81)68(84-66)51(41)42(65)28-64(61(68)82)20-19-62(30-64)14-2-3-15-62/h13,21-25,27,31,33-35,46,50,55,58-59,61,73,75-76,79-82H,2-3,5,7-12,14-20,26,28-30H2,1H3,(H,69,70)(H,71,72)/t33-,34+,35-,46+,50+,55+,58+,59-,61+,64-,65-,66+,67-,68-/m0/s1. The number of aryl methyl sites for hydroxylation is 1. The van der Waals surface area contributed by atoms with E-state index in [4.69, 9.17) is 19.4 Å². The number of ether oxygens (including phenoxy) is 2. The summed E-state index contributed by atoms with van der Waals surface area (Å²) in [4.78, 5) is 61.8. The lowest BCUT2D eigenvalue weighted by Crippen LogP contribution is -2.79. The first-order chi connectivity index (χ1) is 40.5. The molecule has 10 aliphatic carbocycles. The molecule has 5 saturated carbocycles. The number of H-pyrrole nitrogens is 2. The number of aliphatic hydroxyl groups is 5. The van der Waals surface area contributed by atoms with Gasteiger partial charge in [-0.2, -0.15) is 0 Å². The number of phenols is 1. The van der Waals surface area contributed by atoms with Gasteiger partial charge in [0.05, 0.1) is 46.5 Å². The lowest BCUT2D eigenvalue weighted by Gasteiger charge is -2.64. The summed E-state index contributed by atoms with van der Waals surface area (Å²) < 4.78 is 15.0. The van der Waals surface area contributed by atoms with Crippen LogP contribution in [0.4, 0.5) is 5.82 Å². The van der Waals surface area contributed by atoms with Crippen molar-refractivity contribution in [2.24, 2.45) is 34.0 Å². The summed E-state index contributed by atoms with van der Waals surface area (Å²) in [5, 5.41) is 83.9. The maximum absolute atomic E-state index is 15.5. The summed E-state index contributed by atoms with van der Waals surface area (Å²) >= 11 is 0. The number of Topliss-reactive ketones (excluding diaryl/α,β-unsaturated/α-hetero) is 1. The number of imidazole rings is 1. The predicted octanol–water partition coefficient (Wildman–Crippen LogP) is 8.07. The van der Waals surface area contributed by atoms with Crippen LogP contribution < -0.4 is 10.1 Å². The molecular formula is C68H69N5O11. The van der Waals surface area contributed by atoms with Gasteiger partial charge in [0.25, 0.3) is 5.79 Å². The number of carbonyl (C=O) groups excluding carboxylic acids is 3. The van der Waals surface area contributed by atoms with Gasteiger partial charge in [0.1, 0.15) is 35.3 Å². The highest BCUT2D eigenvalue weighted by Crippen LogP contribution is 2.75. The van der Waals surface area contributed by atoms with E-state index in [1.807, 2.05) is 6.33 Å². The topological polar surface area (TPSA) is 260 Å². The zero-order valence-electron chi connectivity index (χ0n) is 47.1. The number of pyridine rings is 1. The van der Waals surface area contributed by atoms with Crippen molar-refractivity contribution in [2.75, 3.05) is 11.9 Å². The molecule has 84 heavy (non-hydrogen) atoms. The molecule has 16 heteroatoms. The Morgan fingerprint density at radius 1 is 0.821 bits per heavy atom. The number of hydrogen-bond acceptors (Lipinski definition) is 14. The number of rotatable bonds is 0. The van der Waals surface area contributed by atoms with Crippen molar-refractivity contribution in [2.45, 2.75) is 188 Å². The van der Waals surface area contributed by atoms with E-state index in [1.54, 1.807) is 37.4 Å².